The van der Waals surface area contributed by atoms with Crippen LogP contribution in [-0.4, -0.2) is 34.6 Å². The number of aliphatic carboxylic acids is 1. The van der Waals surface area contributed by atoms with Crippen molar-refractivity contribution in [1.29, 1.82) is 0 Å². The molecule has 9 heteroatoms. The molecule has 0 radical (unpaired) electrons. The molecule has 4 rings (SSSR count). The highest BCUT2D eigenvalue weighted by molar-refractivity contribution is 6.10. The second kappa shape index (κ2) is 10.4. The number of hydrogen-bond acceptors (Lipinski definition) is 5. The van der Waals surface area contributed by atoms with Crippen molar-refractivity contribution in [2.75, 3.05) is 10.6 Å². The highest BCUT2D eigenvalue weighted by Crippen LogP contribution is 2.32. The fourth-order valence-corrected chi connectivity index (χ4v) is 5.05. The Hall–Kier alpha value is -4.27. The Morgan fingerprint density at radius 2 is 1.51 bits per heavy atom. The fraction of sp³-hybridized carbons (Fsp3) is 0.321. The lowest BCUT2D eigenvalue weighted by atomic mass is 9.79. The van der Waals surface area contributed by atoms with Gasteiger partial charge in [0.25, 0.3) is 5.91 Å². The van der Waals surface area contributed by atoms with Gasteiger partial charge in [-0.05, 0) is 80.5 Å². The first-order chi connectivity index (χ1) is 17.6. The Kier molecular flexibility index (Phi) is 7.24. The molecule has 3 aromatic rings. The van der Waals surface area contributed by atoms with Gasteiger partial charge in [-0.25, -0.2) is 9.59 Å². The number of carbonyl (C=O) groups is 3. The maximum absolute atomic E-state index is 13.5. The highest BCUT2D eigenvalue weighted by atomic mass is 16.4. The molecule has 0 spiro atoms. The normalized spacial score (nSPS) is 19.2. The minimum atomic E-state index is -1.51. The number of benzene rings is 3. The molecule has 9 nitrogen and oxygen atoms in total. The van der Waals surface area contributed by atoms with Crippen molar-refractivity contribution in [3.63, 3.8) is 0 Å². The molecule has 1 aliphatic rings. The molecule has 3 amide bonds. The number of nitrogens with zero attached hydrogens (tertiary/aromatic N) is 1. The predicted octanol–water partition coefficient (Wildman–Crippen LogP) is 5.67. The first-order valence-electron chi connectivity index (χ1n) is 12.2. The molecule has 0 aromatic heterocycles. The zero-order chi connectivity index (χ0) is 26.7. The largest absolute Gasteiger partial charge is 0.480 e. The van der Waals surface area contributed by atoms with E-state index in [1.807, 2.05) is 57.2 Å². The van der Waals surface area contributed by atoms with E-state index in [0.29, 0.717) is 5.69 Å². The standard InChI is InChI=1S/C28H30N4O5/c1-16-12-17(2)24(18(3)13-16)30-27(36)29-23-15-20-7-5-4-6-19(20)14-22(23)25(33)31-28(26(34)35)10-8-21(32-37)9-11-28/h4-7,12-15,21H,8-11H2,1-3H3,(H,31,33)(H,34,35)(H2,29,30,36). The first-order valence-corrected chi connectivity index (χ1v) is 12.2. The van der Waals surface area contributed by atoms with Gasteiger partial charge in [-0.3, -0.25) is 4.79 Å². The van der Waals surface area contributed by atoms with Crippen molar-refractivity contribution in [3.8, 4) is 0 Å². The van der Waals surface area contributed by atoms with Crippen molar-refractivity contribution < 1.29 is 19.5 Å². The number of carboxylic acids is 1. The van der Waals surface area contributed by atoms with Crippen LogP contribution in [0.25, 0.3) is 10.8 Å². The Labute approximate surface area is 214 Å². The third-order valence-corrected chi connectivity index (χ3v) is 7.01. The lowest BCUT2D eigenvalue weighted by Gasteiger charge is -2.35. The number of carboxylic acid groups (broad SMARTS) is 1. The number of amides is 3. The summed E-state index contributed by atoms with van der Waals surface area (Å²) in [7, 11) is 0. The van der Waals surface area contributed by atoms with E-state index in [-0.39, 0.29) is 36.9 Å². The van der Waals surface area contributed by atoms with Gasteiger partial charge in [-0.1, -0.05) is 47.1 Å². The summed E-state index contributed by atoms with van der Waals surface area (Å²) in [6, 6.07) is 13.7. The third-order valence-electron chi connectivity index (χ3n) is 7.01. The fourth-order valence-electron chi connectivity index (χ4n) is 5.05. The van der Waals surface area contributed by atoms with E-state index in [4.69, 9.17) is 0 Å². The summed E-state index contributed by atoms with van der Waals surface area (Å²) >= 11 is 0. The number of fused-ring (bicyclic) bond motifs is 1. The molecule has 1 saturated carbocycles. The lowest BCUT2D eigenvalue weighted by Crippen LogP contribution is -2.56. The summed E-state index contributed by atoms with van der Waals surface area (Å²) in [6.45, 7) is 5.80. The van der Waals surface area contributed by atoms with Gasteiger partial charge in [-0.15, -0.1) is 0 Å². The lowest BCUT2D eigenvalue weighted by molar-refractivity contribution is -0.146. The summed E-state index contributed by atoms with van der Waals surface area (Å²) < 4.78 is 0. The van der Waals surface area contributed by atoms with Gasteiger partial charge in [-0.2, -0.15) is 4.91 Å². The topological polar surface area (TPSA) is 137 Å². The van der Waals surface area contributed by atoms with Gasteiger partial charge < -0.3 is 21.1 Å². The van der Waals surface area contributed by atoms with Crippen LogP contribution in [0.2, 0.25) is 0 Å². The van der Waals surface area contributed by atoms with Gasteiger partial charge in [0.2, 0.25) is 0 Å². The van der Waals surface area contributed by atoms with Gasteiger partial charge in [0.1, 0.15) is 5.54 Å². The van der Waals surface area contributed by atoms with Crippen LogP contribution in [0.15, 0.2) is 53.7 Å². The Morgan fingerprint density at radius 1 is 0.919 bits per heavy atom. The van der Waals surface area contributed by atoms with E-state index in [2.05, 4.69) is 21.1 Å². The Balaban J connectivity index is 1.65. The van der Waals surface area contributed by atoms with Gasteiger partial charge in [0, 0.05) is 5.69 Å². The van der Waals surface area contributed by atoms with E-state index in [1.54, 1.807) is 12.1 Å². The predicted molar refractivity (Wildman–Crippen MR) is 143 cm³/mol. The van der Waals surface area contributed by atoms with Crippen LogP contribution >= 0.6 is 0 Å². The number of carbonyl (C=O) groups excluding carboxylic acids is 2. The Morgan fingerprint density at radius 3 is 2.08 bits per heavy atom. The molecule has 0 aliphatic heterocycles. The van der Waals surface area contributed by atoms with Crippen molar-refractivity contribution in [3.05, 3.63) is 75.7 Å². The second-order valence-corrected chi connectivity index (χ2v) is 9.78. The second-order valence-electron chi connectivity index (χ2n) is 9.78. The van der Waals surface area contributed by atoms with Crippen molar-refractivity contribution in [2.45, 2.75) is 58.0 Å². The van der Waals surface area contributed by atoms with Crippen molar-refractivity contribution >= 4 is 40.1 Å². The molecule has 4 N–H and O–H groups in total. The van der Waals surface area contributed by atoms with Gasteiger partial charge in [0.15, 0.2) is 0 Å². The molecule has 3 aromatic carbocycles. The molecule has 37 heavy (non-hydrogen) atoms. The summed E-state index contributed by atoms with van der Waals surface area (Å²) in [5, 5.41) is 22.9. The van der Waals surface area contributed by atoms with Crippen LogP contribution in [0.3, 0.4) is 0 Å². The van der Waals surface area contributed by atoms with Crippen LogP contribution in [0, 0.1) is 25.7 Å². The number of anilines is 2. The molecular weight excluding hydrogens is 472 g/mol. The maximum Gasteiger partial charge on any atom is 0.329 e. The zero-order valence-corrected chi connectivity index (χ0v) is 21.1. The first kappa shape index (κ1) is 25.8. The minimum Gasteiger partial charge on any atom is -0.480 e. The third kappa shape index (κ3) is 5.45. The summed E-state index contributed by atoms with van der Waals surface area (Å²) in [4.78, 5) is 49.6. The summed E-state index contributed by atoms with van der Waals surface area (Å²) in [5.41, 5.74) is 2.46. The van der Waals surface area contributed by atoms with E-state index >= 15 is 0 Å². The zero-order valence-electron chi connectivity index (χ0n) is 21.1. The average Bonchev–Trinajstić information content (AvgIpc) is 2.86. The number of hydrogen-bond donors (Lipinski definition) is 4. The van der Waals surface area contributed by atoms with Crippen LogP contribution in [0.1, 0.15) is 52.7 Å². The average molecular weight is 503 g/mol. The number of nitrogens with one attached hydrogen (secondary N) is 3. The van der Waals surface area contributed by atoms with Crippen LogP contribution < -0.4 is 16.0 Å². The molecule has 1 aliphatic carbocycles. The number of rotatable bonds is 6. The molecule has 0 heterocycles. The van der Waals surface area contributed by atoms with E-state index in [0.717, 1.165) is 27.5 Å². The minimum absolute atomic E-state index is 0.0906. The molecule has 0 saturated heterocycles. The van der Waals surface area contributed by atoms with Crippen LogP contribution in [-0.2, 0) is 4.79 Å². The Bertz CT molecular complexity index is 1370. The van der Waals surface area contributed by atoms with Crippen LogP contribution in [0.5, 0.6) is 0 Å². The number of nitroso groups, excluding NO2 is 1. The molecule has 0 unspecified atom stereocenters. The van der Waals surface area contributed by atoms with E-state index < -0.39 is 29.5 Å². The van der Waals surface area contributed by atoms with Crippen LogP contribution in [0.4, 0.5) is 16.2 Å². The molecule has 192 valence electrons. The highest BCUT2D eigenvalue weighted by Gasteiger charge is 2.44. The monoisotopic (exact) mass is 502 g/mol. The SMILES string of the molecule is Cc1cc(C)c(NC(=O)Nc2cc3ccccc3cc2C(=O)NC2(C(=O)O)CCC(N=O)CC2)c(C)c1. The van der Waals surface area contributed by atoms with E-state index in [1.165, 1.54) is 0 Å². The smallest absolute Gasteiger partial charge is 0.329 e. The molecule has 1 fully saturated rings. The summed E-state index contributed by atoms with van der Waals surface area (Å²) in [5.74, 6) is -1.78. The molecule has 0 bridgehead atoms. The van der Waals surface area contributed by atoms with Crippen molar-refractivity contribution in [1.82, 2.24) is 5.32 Å². The van der Waals surface area contributed by atoms with Crippen molar-refractivity contribution in [2.24, 2.45) is 5.18 Å². The molecular formula is C28H30N4O5. The van der Waals surface area contributed by atoms with E-state index in [9.17, 15) is 24.4 Å². The molecule has 0 atom stereocenters. The number of aryl methyl sites for hydroxylation is 3. The quantitative estimate of drug-likeness (QED) is 0.322. The number of urea groups is 1. The maximum atomic E-state index is 13.5. The summed E-state index contributed by atoms with van der Waals surface area (Å²) in [6.07, 6.45) is 0.730. The van der Waals surface area contributed by atoms with Gasteiger partial charge >= 0.3 is 12.0 Å². The van der Waals surface area contributed by atoms with Gasteiger partial charge in [0.05, 0.1) is 17.3 Å².